The van der Waals surface area contributed by atoms with Crippen molar-refractivity contribution in [1.29, 1.82) is 0 Å². The van der Waals surface area contributed by atoms with Crippen molar-refractivity contribution >= 4 is 22.6 Å². The van der Waals surface area contributed by atoms with E-state index in [2.05, 4.69) is 21.8 Å². The van der Waals surface area contributed by atoms with Crippen LogP contribution in [0.1, 0.15) is 75.6 Å². The molecule has 0 bridgehead atoms. The van der Waals surface area contributed by atoms with Crippen LogP contribution in [0.4, 0.5) is 19.0 Å². The van der Waals surface area contributed by atoms with Gasteiger partial charge in [0.25, 0.3) is 0 Å². The monoisotopic (exact) mass is 517 g/mol. The highest BCUT2D eigenvalue weighted by atomic mass is 19.4. The van der Waals surface area contributed by atoms with Crippen LogP contribution in [-0.2, 0) is 12.6 Å². The lowest BCUT2D eigenvalue weighted by Gasteiger charge is -2.12. The van der Waals surface area contributed by atoms with Gasteiger partial charge >= 0.3 is 6.18 Å². The first kappa shape index (κ1) is 25.5. The Morgan fingerprint density at radius 3 is 2.53 bits per heavy atom. The molecular weight excluding hydrogens is 491 g/mol. The summed E-state index contributed by atoms with van der Waals surface area (Å²) < 4.78 is 41.8. The zero-order chi connectivity index (χ0) is 27.0. The maximum absolute atomic E-state index is 13.3. The van der Waals surface area contributed by atoms with Crippen molar-refractivity contribution in [2.24, 2.45) is 0 Å². The van der Waals surface area contributed by atoms with Gasteiger partial charge in [-0.25, -0.2) is 14.6 Å². The van der Waals surface area contributed by atoms with Crippen LogP contribution in [0.5, 0.6) is 0 Å². The number of hydrogen-bond acceptors (Lipinski definition) is 5. The predicted molar refractivity (Wildman–Crippen MR) is 139 cm³/mol. The van der Waals surface area contributed by atoms with Crippen LogP contribution in [0.15, 0.2) is 42.7 Å². The molecule has 0 amide bonds. The number of rotatable bonds is 4. The minimum Gasteiger partial charge on any atom is -0.383 e. The topological polar surface area (TPSA) is 86.7 Å². The van der Waals surface area contributed by atoms with E-state index in [9.17, 15) is 18.0 Å². The summed E-state index contributed by atoms with van der Waals surface area (Å²) in [7, 11) is 0. The number of fused-ring (bicyclic) bond motifs is 1. The number of benzene rings is 2. The first-order chi connectivity index (χ1) is 18.1. The molecule has 194 valence electrons. The van der Waals surface area contributed by atoms with E-state index in [4.69, 9.17) is 10.8 Å². The van der Waals surface area contributed by atoms with Gasteiger partial charge < -0.3 is 5.73 Å². The highest BCUT2D eigenvalue weighted by Crippen LogP contribution is 2.34. The number of ketones is 1. The van der Waals surface area contributed by atoms with Gasteiger partial charge in [0.1, 0.15) is 17.8 Å². The maximum atomic E-state index is 13.3. The zero-order valence-corrected chi connectivity index (χ0v) is 21.1. The Balaban J connectivity index is 1.45. The van der Waals surface area contributed by atoms with E-state index in [0.717, 1.165) is 37.3 Å². The summed E-state index contributed by atoms with van der Waals surface area (Å²) in [6.45, 7) is 3.28. The number of aromatic nitrogens is 4. The fourth-order valence-corrected chi connectivity index (χ4v) is 4.91. The van der Waals surface area contributed by atoms with E-state index in [1.54, 1.807) is 12.1 Å². The summed E-state index contributed by atoms with van der Waals surface area (Å²) >= 11 is 0. The average Bonchev–Trinajstić information content (AvgIpc) is 3.52. The van der Waals surface area contributed by atoms with E-state index in [1.165, 1.54) is 25.4 Å². The minimum atomic E-state index is -4.52. The van der Waals surface area contributed by atoms with Gasteiger partial charge in [-0.3, -0.25) is 4.79 Å². The second kappa shape index (κ2) is 9.93. The number of carbonyl (C=O) groups is 1. The molecule has 1 fully saturated rings. The number of nitrogen functional groups attached to an aromatic ring is 1. The van der Waals surface area contributed by atoms with Crippen molar-refractivity contribution in [1.82, 2.24) is 19.7 Å². The number of carbonyl (C=O) groups excluding carboxylic acids is 1. The van der Waals surface area contributed by atoms with Crippen LogP contribution in [0.25, 0.3) is 11.0 Å². The van der Waals surface area contributed by atoms with E-state index >= 15 is 0 Å². The number of Topliss-reactive ketones (excluding diaryl/α,β-unsaturated/α-hetero) is 1. The van der Waals surface area contributed by atoms with Crippen molar-refractivity contribution in [2.45, 2.75) is 58.2 Å². The fraction of sp³-hybridized carbons (Fsp3) is 0.310. The van der Waals surface area contributed by atoms with E-state index in [1.807, 2.05) is 17.7 Å². The molecule has 0 radical (unpaired) electrons. The molecule has 0 spiro atoms. The average molecular weight is 518 g/mol. The Labute approximate surface area is 218 Å². The summed E-state index contributed by atoms with van der Waals surface area (Å²) in [4.78, 5) is 21.4. The minimum absolute atomic E-state index is 0.0236. The summed E-state index contributed by atoms with van der Waals surface area (Å²) in [5.74, 6) is 6.18. The molecule has 9 heteroatoms. The molecule has 0 unspecified atom stereocenters. The molecule has 2 aromatic carbocycles. The Bertz CT molecular complexity index is 1600. The molecule has 6 nitrogen and oxygen atoms in total. The number of halogens is 3. The highest BCUT2D eigenvalue weighted by Gasteiger charge is 2.33. The Hall–Kier alpha value is -4.19. The normalized spacial score (nSPS) is 14.0. The molecule has 2 aromatic heterocycles. The molecule has 0 aliphatic heterocycles. The van der Waals surface area contributed by atoms with Crippen molar-refractivity contribution in [3.05, 3.63) is 81.8 Å². The lowest BCUT2D eigenvalue weighted by atomic mass is 9.96. The Morgan fingerprint density at radius 2 is 1.79 bits per heavy atom. The fourth-order valence-electron chi connectivity index (χ4n) is 4.91. The van der Waals surface area contributed by atoms with Crippen LogP contribution in [0, 0.1) is 25.7 Å². The smallest absolute Gasteiger partial charge is 0.383 e. The summed E-state index contributed by atoms with van der Waals surface area (Å²) in [5.41, 5.74) is 8.87. The van der Waals surface area contributed by atoms with E-state index in [-0.39, 0.29) is 23.6 Å². The molecular formula is C29H26F3N5O. The molecule has 38 heavy (non-hydrogen) atoms. The van der Waals surface area contributed by atoms with Gasteiger partial charge in [-0.05, 0) is 61.4 Å². The second-order valence-corrected chi connectivity index (χ2v) is 9.72. The third-order valence-corrected chi connectivity index (χ3v) is 7.04. The summed E-state index contributed by atoms with van der Waals surface area (Å²) in [6.07, 6.45) is 1.18. The molecule has 1 aliphatic rings. The number of nitrogens with zero attached hydrogens (tertiary/aromatic N) is 4. The molecule has 1 aliphatic carbocycles. The van der Waals surface area contributed by atoms with Crippen molar-refractivity contribution < 1.29 is 18.0 Å². The van der Waals surface area contributed by atoms with Crippen LogP contribution in [-0.4, -0.2) is 25.5 Å². The third kappa shape index (κ3) is 4.99. The Kier molecular flexibility index (Phi) is 6.66. The van der Waals surface area contributed by atoms with E-state index in [0.29, 0.717) is 33.7 Å². The molecule has 4 aromatic rings. The molecule has 1 saturated carbocycles. The zero-order valence-electron chi connectivity index (χ0n) is 21.1. The SMILES string of the molecule is Cc1ccc(CC(=O)c2ccc(C)c(C(F)(F)F)c2)cc1C#Cc1nn(C2CCCC2)c2ncnc(N)c12. The second-order valence-electron chi connectivity index (χ2n) is 9.72. The number of hydrogen-bond donors (Lipinski definition) is 1. The quantitative estimate of drug-likeness (QED) is 0.266. The molecule has 5 rings (SSSR count). The van der Waals surface area contributed by atoms with Gasteiger partial charge in [-0.1, -0.05) is 43.0 Å². The van der Waals surface area contributed by atoms with Crippen LogP contribution >= 0.6 is 0 Å². The third-order valence-electron chi connectivity index (χ3n) is 7.04. The first-order valence-electron chi connectivity index (χ1n) is 12.4. The maximum Gasteiger partial charge on any atom is 0.416 e. The standard InChI is InChI=1S/C29H26F3N5O/c1-17-7-9-19(14-25(38)21-10-8-18(2)23(15-21)29(30,31)32)13-20(17)11-12-24-26-27(33)34-16-35-28(26)37(36-24)22-5-3-4-6-22/h7-10,13,15-16,22H,3-6,14H2,1-2H3,(H2,33,34,35). The predicted octanol–water partition coefficient (Wildman–Crippen LogP) is 5.98. The first-order valence-corrected chi connectivity index (χ1v) is 12.4. The van der Waals surface area contributed by atoms with Crippen molar-refractivity contribution in [2.75, 3.05) is 5.73 Å². The highest BCUT2D eigenvalue weighted by molar-refractivity contribution is 5.98. The van der Waals surface area contributed by atoms with Gasteiger partial charge in [0, 0.05) is 17.5 Å². The molecule has 0 atom stereocenters. The number of aryl methyl sites for hydroxylation is 2. The largest absolute Gasteiger partial charge is 0.416 e. The molecule has 2 heterocycles. The van der Waals surface area contributed by atoms with Crippen LogP contribution in [0.3, 0.4) is 0 Å². The van der Waals surface area contributed by atoms with Crippen molar-refractivity contribution in [3.8, 4) is 11.8 Å². The van der Waals surface area contributed by atoms with Gasteiger partial charge in [0.05, 0.1) is 17.0 Å². The van der Waals surface area contributed by atoms with Crippen molar-refractivity contribution in [3.63, 3.8) is 0 Å². The van der Waals surface area contributed by atoms with Gasteiger partial charge in [-0.15, -0.1) is 0 Å². The molecule has 2 N–H and O–H groups in total. The summed E-state index contributed by atoms with van der Waals surface area (Å²) in [6, 6.07) is 9.34. The lowest BCUT2D eigenvalue weighted by molar-refractivity contribution is -0.138. The number of alkyl halides is 3. The van der Waals surface area contributed by atoms with Crippen LogP contribution in [0.2, 0.25) is 0 Å². The van der Waals surface area contributed by atoms with Gasteiger partial charge in [0.15, 0.2) is 11.4 Å². The van der Waals surface area contributed by atoms with E-state index < -0.39 is 17.5 Å². The summed E-state index contributed by atoms with van der Waals surface area (Å²) in [5, 5.41) is 5.36. The Morgan fingerprint density at radius 1 is 1.05 bits per heavy atom. The number of anilines is 1. The lowest BCUT2D eigenvalue weighted by Crippen LogP contribution is -2.11. The van der Waals surface area contributed by atoms with Crippen LogP contribution < -0.4 is 5.73 Å². The van der Waals surface area contributed by atoms with Gasteiger partial charge in [0.2, 0.25) is 0 Å². The van der Waals surface area contributed by atoms with Gasteiger partial charge in [-0.2, -0.15) is 18.3 Å². The molecule has 0 saturated heterocycles. The number of nitrogens with two attached hydrogens (primary N) is 1.